The summed E-state index contributed by atoms with van der Waals surface area (Å²) in [6.07, 6.45) is -16.9. The lowest BCUT2D eigenvalue weighted by molar-refractivity contribution is -0.591. The van der Waals surface area contributed by atoms with E-state index in [4.69, 9.17) is 0 Å². The number of halogens is 24. The highest BCUT2D eigenvalue weighted by Crippen LogP contribution is 2.85. The molecule has 0 aromatic rings. The van der Waals surface area contributed by atoms with E-state index in [1.54, 1.807) is 0 Å². The van der Waals surface area contributed by atoms with E-state index in [1.807, 2.05) is 0 Å². The van der Waals surface area contributed by atoms with Gasteiger partial charge in [0.25, 0.3) is 0 Å². The SMILES string of the molecule is O=C1C2(F)C(F)(F)C3(F)C(F)(F)C1(F)C(F)(OC(F)(F)C(F)(OF)C(F)(F)C(F)(F)C(F)(F)F)C(F)(C2(F)F)C3(F)F. The third kappa shape index (κ3) is 2.46. The van der Waals surface area contributed by atoms with Gasteiger partial charge in [-0.25, -0.2) is 22.0 Å². The smallest absolute Gasteiger partial charge is 0.291 e. The van der Waals surface area contributed by atoms with E-state index in [9.17, 15) is 97.1 Å². The van der Waals surface area contributed by atoms with Crippen LogP contribution in [0.3, 0.4) is 0 Å². The molecule has 0 spiro atoms. The number of carbonyl (C=O) groups is 1. The Hall–Kier alpha value is -2.09. The summed E-state index contributed by atoms with van der Waals surface area (Å²) in [4.78, 5) is 12.5. The van der Waals surface area contributed by atoms with Crippen LogP contribution in [0.25, 0.3) is 0 Å². The lowest BCUT2D eigenvalue weighted by atomic mass is 9.41. The van der Waals surface area contributed by atoms with Crippen molar-refractivity contribution >= 4 is 5.78 Å². The van der Waals surface area contributed by atoms with Crippen molar-refractivity contribution in [1.82, 2.24) is 0 Å². The first kappa shape index (κ1) is 34.4. The minimum atomic E-state index is -8.81. The van der Waals surface area contributed by atoms with E-state index in [2.05, 4.69) is 0 Å². The van der Waals surface area contributed by atoms with Crippen molar-refractivity contribution in [2.75, 3.05) is 0 Å². The van der Waals surface area contributed by atoms with Gasteiger partial charge >= 0.3 is 82.2 Å². The van der Waals surface area contributed by atoms with Crippen molar-refractivity contribution in [1.29, 1.82) is 0 Å². The van der Waals surface area contributed by atoms with Gasteiger partial charge in [-0.1, -0.05) is 0 Å². The van der Waals surface area contributed by atoms with Crippen LogP contribution in [0.2, 0.25) is 0 Å². The molecule has 4 rings (SSSR count). The summed E-state index contributed by atoms with van der Waals surface area (Å²) >= 11 is 0. The number of carbonyl (C=O) groups excluding carboxylic acids is 1. The number of ketones is 1. The molecular formula is C15F24O3. The first-order chi connectivity index (χ1) is 17.9. The Morgan fingerprint density at radius 1 is 0.500 bits per heavy atom. The Bertz CT molecular complexity index is 1210. The summed E-state index contributed by atoms with van der Waals surface area (Å²) in [7, 11) is 0. The zero-order valence-electron chi connectivity index (χ0n) is 17.8. The summed E-state index contributed by atoms with van der Waals surface area (Å²) in [6, 6.07) is 0. The van der Waals surface area contributed by atoms with E-state index in [0.717, 1.165) is 4.94 Å². The second kappa shape index (κ2) is 7.40. The molecule has 27 heteroatoms. The van der Waals surface area contributed by atoms with E-state index in [1.165, 1.54) is 4.74 Å². The molecule has 0 aliphatic heterocycles. The molecular weight excluding hydrogens is 684 g/mol. The summed E-state index contributed by atoms with van der Waals surface area (Å²) < 4.78 is 336. The van der Waals surface area contributed by atoms with Crippen molar-refractivity contribution < 1.29 is 120 Å². The Kier molecular flexibility index (Phi) is 6.06. The van der Waals surface area contributed by atoms with Gasteiger partial charge in [-0.15, -0.1) is 4.94 Å². The zero-order chi connectivity index (χ0) is 34.0. The fourth-order valence-corrected chi connectivity index (χ4v) is 4.63. The number of Topliss-reactive ketones (excluding diaryl/α,β-unsaturated/α-hetero) is 1. The number of ether oxygens (including phenoxy) is 1. The molecule has 4 saturated carbocycles. The standard InChI is InChI=1S/C15F24O3/c16-2-1(40)3(17)8(24,25)4(18,6(2,20)21)9(26,27)5(19,7(2,22)23)12(3,32)41-15(37,38)13(33,42-39)10(28,29)11(30,31)14(34,35)36. The first-order valence-electron chi connectivity index (χ1n) is 9.32. The second-order valence-corrected chi connectivity index (χ2v) is 8.79. The fourth-order valence-electron chi connectivity index (χ4n) is 4.63. The molecule has 4 aliphatic carbocycles. The van der Waals surface area contributed by atoms with Crippen LogP contribution in [0.15, 0.2) is 0 Å². The molecule has 6 unspecified atom stereocenters. The Balaban J connectivity index is 2.49. The molecule has 0 N–H and O–H groups in total. The van der Waals surface area contributed by atoms with Crippen LogP contribution in [-0.4, -0.2) is 88.0 Å². The van der Waals surface area contributed by atoms with Gasteiger partial charge in [0, 0.05) is 0 Å². The third-order valence-electron chi connectivity index (χ3n) is 6.88. The number of alkyl halides is 23. The van der Waals surface area contributed by atoms with E-state index in [0.29, 0.717) is 0 Å². The van der Waals surface area contributed by atoms with Gasteiger partial charge in [-0.2, -0.15) is 79.0 Å². The maximum Gasteiger partial charge on any atom is 0.460 e. The van der Waals surface area contributed by atoms with Crippen LogP contribution in [0.5, 0.6) is 0 Å². The average Bonchev–Trinajstić information content (AvgIpc) is 2.80. The molecule has 4 bridgehead atoms. The van der Waals surface area contributed by atoms with Crippen LogP contribution < -0.4 is 0 Å². The fraction of sp³-hybridized carbons (Fsp3) is 0.933. The molecule has 0 aromatic heterocycles. The van der Waals surface area contributed by atoms with Gasteiger partial charge in [0.05, 0.1) is 0 Å². The molecule has 4 fully saturated rings. The normalized spacial score (nSPS) is 42.0. The molecule has 42 heavy (non-hydrogen) atoms. The van der Waals surface area contributed by atoms with Crippen molar-refractivity contribution in [3.63, 3.8) is 0 Å². The van der Waals surface area contributed by atoms with Crippen LogP contribution in [0.1, 0.15) is 0 Å². The van der Waals surface area contributed by atoms with Gasteiger partial charge in [0.2, 0.25) is 5.78 Å². The molecule has 0 aromatic carbocycles. The van der Waals surface area contributed by atoms with Gasteiger partial charge in [0.1, 0.15) is 0 Å². The molecule has 246 valence electrons. The Morgan fingerprint density at radius 3 is 1.21 bits per heavy atom. The highest BCUT2D eigenvalue weighted by Gasteiger charge is 3.20. The van der Waals surface area contributed by atoms with E-state index >= 15 is 13.2 Å². The van der Waals surface area contributed by atoms with Crippen LogP contribution in [0, 0.1) is 0 Å². The summed E-state index contributed by atoms with van der Waals surface area (Å²) in [5, 5.41) is 0. The molecule has 0 saturated heterocycles. The van der Waals surface area contributed by atoms with Crippen LogP contribution >= 0.6 is 0 Å². The molecule has 4 aliphatic rings. The predicted octanol–water partition coefficient (Wildman–Crippen LogP) is 6.65. The summed E-state index contributed by atoms with van der Waals surface area (Å²) in [5.41, 5.74) is -33.1. The molecule has 0 heterocycles. The Morgan fingerprint density at radius 2 is 0.857 bits per heavy atom. The summed E-state index contributed by atoms with van der Waals surface area (Å²) in [5.74, 6) is -73.8. The maximum absolute atomic E-state index is 15.4. The van der Waals surface area contributed by atoms with Gasteiger partial charge in [0.15, 0.2) is 0 Å². The average molecular weight is 684 g/mol. The number of hydrogen-bond donors (Lipinski definition) is 0. The number of hydrogen-bond acceptors (Lipinski definition) is 3. The minimum Gasteiger partial charge on any atom is -0.291 e. The zero-order valence-corrected chi connectivity index (χ0v) is 17.8. The van der Waals surface area contributed by atoms with Crippen molar-refractivity contribution in [3.05, 3.63) is 0 Å². The molecule has 6 atom stereocenters. The van der Waals surface area contributed by atoms with Crippen molar-refractivity contribution in [2.45, 2.75) is 82.2 Å². The lowest BCUT2D eigenvalue weighted by Gasteiger charge is -2.71. The second-order valence-electron chi connectivity index (χ2n) is 8.79. The van der Waals surface area contributed by atoms with Gasteiger partial charge < -0.3 is 0 Å². The van der Waals surface area contributed by atoms with Crippen LogP contribution in [0.4, 0.5) is 106 Å². The van der Waals surface area contributed by atoms with Gasteiger partial charge in [-0.05, 0) is 4.53 Å². The lowest BCUT2D eigenvalue weighted by Crippen LogP contribution is -3.07. The highest BCUT2D eigenvalue weighted by molar-refractivity contribution is 6.04. The third-order valence-corrected chi connectivity index (χ3v) is 6.88. The first-order valence-corrected chi connectivity index (χ1v) is 9.32. The van der Waals surface area contributed by atoms with Crippen molar-refractivity contribution in [2.24, 2.45) is 0 Å². The Labute approximate surface area is 209 Å². The largest absolute Gasteiger partial charge is 0.460 e. The molecule has 0 amide bonds. The topological polar surface area (TPSA) is 35.5 Å². The number of rotatable bonds is 6. The summed E-state index contributed by atoms with van der Waals surface area (Å²) in [6.45, 7) is 0. The van der Waals surface area contributed by atoms with Gasteiger partial charge in [-0.3, -0.25) is 9.53 Å². The molecule has 0 radical (unpaired) electrons. The monoisotopic (exact) mass is 684 g/mol. The van der Waals surface area contributed by atoms with E-state index in [-0.39, 0.29) is 0 Å². The van der Waals surface area contributed by atoms with Crippen molar-refractivity contribution in [3.8, 4) is 0 Å². The molecule has 3 nitrogen and oxygen atoms in total. The minimum absolute atomic E-state index is 0.810. The maximum atomic E-state index is 15.4. The predicted molar refractivity (Wildman–Crippen MR) is 72.0 cm³/mol. The van der Waals surface area contributed by atoms with Crippen LogP contribution in [-0.2, 0) is 14.5 Å². The quantitative estimate of drug-likeness (QED) is 0.295. The highest BCUT2D eigenvalue weighted by atomic mass is 19.4. The van der Waals surface area contributed by atoms with E-state index < -0.39 is 88.0 Å².